The van der Waals surface area contributed by atoms with E-state index in [-0.39, 0.29) is 24.1 Å². The van der Waals surface area contributed by atoms with Crippen LogP contribution in [0.2, 0.25) is 0 Å². The fraction of sp³-hybridized carbons (Fsp3) is 0.500. The van der Waals surface area contributed by atoms with Crippen LogP contribution in [-0.4, -0.2) is 36.4 Å². The number of carbonyl (C=O) groups is 1. The molecule has 0 atom stereocenters. The average Bonchev–Trinajstić information content (AvgIpc) is 2.36. The third kappa shape index (κ3) is 4.37. The van der Waals surface area contributed by atoms with Gasteiger partial charge in [-0.05, 0) is 30.5 Å². The highest BCUT2D eigenvalue weighted by atomic mass is 79.9. The van der Waals surface area contributed by atoms with Gasteiger partial charge in [0.25, 0.3) is 0 Å². The molecular weight excluding hydrogens is 311 g/mol. The number of Topliss-reactive ketones (excluding diaryl/α,β-unsaturated/α-hetero) is 1. The van der Waals surface area contributed by atoms with Gasteiger partial charge in [0, 0.05) is 30.0 Å². The van der Waals surface area contributed by atoms with Gasteiger partial charge in [0.2, 0.25) is 0 Å². The Morgan fingerprint density at radius 2 is 2.11 bits per heavy atom. The Kier molecular flexibility index (Phi) is 5.07. The Labute approximate surface area is 121 Å². The number of hydrogen-bond acceptors (Lipinski definition) is 3. The second kappa shape index (κ2) is 6.59. The Bertz CT molecular complexity index is 459. The van der Waals surface area contributed by atoms with Crippen molar-refractivity contribution in [1.29, 1.82) is 0 Å². The fourth-order valence-electron chi connectivity index (χ4n) is 2.29. The first kappa shape index (κ1) is 14.6. The van der Waals surface area contributed by atoms with Crippen molar-refractivity contribution in [3.05, 3.63) is 34.1 Å². The van der Waals surface area contributed by atoms with Gasteiger partial charge in [-0.15, -0.1) is 0 Å². The second-order valence-corrected chi connectivity index (χ2v) is 5.98. The van der Waals surface area contributed by atoms with E-state index in [0.717, 1.165) is 25.9 Å². The third-order valence-corrected chi connectivity index (χ3v) is 3.93. The minimum absolute atomic E-state index is 0.0525. The lowest BCUT2D eigenvalue weighted by atomic mass is 10.0. The first-order valence-electron chi connectivity index (χ1n) is 6.48. The van der Waals surface area contributed by atoms with Crippen LogP contribution in [0.25, 0.3) is 0 Å². The highest BCUT2D eigenvalue weighted by Gasteiger charge is 2.18. The van der Waals surface area contributed by atoms with Gasteiger partial charge >= 0.3 is 0 Å². The van der Waals surface area contributed by atoms with E-state index in [9.17, 15) is 9.18 Å². The van der Waals surface area contributed by atoms with E-state index in [4.69, 9.17) is 5.73 Å². The zero-order chi connectivity index (χ0) is 13.8. The Balaban J connectivity index is 1.87. The number of benzene rings is 1. The van der Waals surface area contributed by atoms with Crippen LogP contribution < -0.4 is 5.73 Å². The summed E-state index contributed by atoms with van der Waals surface area (Å²) in [5, 5.41) is 0. The van der Waals surface area contributed by atoms with Gasteiger partial charge in [-0.3, -0.25) is 9.69 Å². The maximum absolute atomic E-state index is 13.6. The highest BCUT2D eigenvalue weighted by Crippen LogP contribution is 2.16. The van der Waals surface area contributed by atoms with Gasteiger partial charge in [-0.2, -0.15) is 0 Å². The zero-order valence-electron chi connectivity index (χ0n) is 10.7. The van der Waals surface area contributed by atoms with Crippen molar-refractivity contribution in [2.24, 2.45) is 5.73 Å². The van der Waals surface area contributed by atoms with Crippen molar-refractivity contribution in [1.82, 2.24) is 4.90 Å². The molecule has 0 amide bonds. The van der Waals surface area contributed by atoms with Crippen molar-refractivity contribution < 1.29 is 9.18 Å². The molecule has 2 rings (SSSR count). The highest BCUT2D eigenvalue weighted by molar-refractivity contribution is 9.10. The summed E-state index contributed by atoms with van der Waals surface area (Å²) in [4.78, 5) is 14.0. The zero-order valence-corrected chi connectivity index (χ0v) is 12.3. The molecule has 3 nitrogen and oxygen atoms in total. The molecule has 0 aliphatic carbocycles. The first-order chi connectivity index (χ1) is 9.04. The molecule has 0 aromatic heterocycles. The Morgan fingerprint density at radius 1 is 1.42 bits per heavy atom. The van der Waals surface area contributed by atoms with Crippen molar-refractivity contribution in [2.45, 2.75) is 25.3 Å². The molecule has 1 fully saturated rings. The predicted octanol–water partition coefficient (Wildman–Crippen LogP) is 2.12. The summed E-state index contributed by atoms with van der Waals surface area (Å²) in [6, 6.07) is 5.06. The SMILES string of the molecule is NC1CCN(CC(=O)Cc2ccc(Br)cc2F)CC1. The molecule has 2 N–H and O–H groups in total. The normalized spacial score (nSPS) is 17.6. The van der Waals surface area contributed by atoms with Gasteiger partial charge in [-0.1, -0.05) is 22.0 Å². The lowest BCUT2D eigenvalue weighted by Gasteiger charge is -2.29. The van der Waals surface area contributed by atoms with E-state index in [0.29, 0.717) is 16.6 Å². The molecule has 0 spiro atoms. The molecular formula is C14H18BrFN2O. The largest absolute Gasteiger partial charge is 0.328 e. The number of hydrogen-bond donors (Lipinski definition) is 1. The Morgan fingerprint density at radius 3 is 2.74 bits per heavy atom. The molecule has 0 unspecified atom stereocenters. The molecule has 0 saturated carbocycles. The van der Waals surface area contributed by atoms with Gasteiger partial charge < -0.3 is 5.73 Å². The van der Waals surface area contributed by atoms with Crippen LogP contribution in [0.1, 0.15) is 18.4 Å². The predicted molar refractivity (Wildman–Crippen MR) is 76.5 cm³/mol. The van der Waals surface area contributed by atoms with Gasteiger partial charge in [0.1, 0.15) is 5.82 Å². The maximum Gasteiger partial charge on any atom is 0.151 e. The van der Waals surface area contributed by atoms with Crippen LogP contribution in [0.15, 0.2) is 22.7 Å². The van der Waals surface area contributed by atoms with Crippen LogP contribution in [0.3, 0.4) is 0 Å². The summed E-state index contributed by atoms with van der Waals surface area (Å²) in [6.07, 6.45) is 2.02. The quantitative estimate of drug-likeness (QED) is 0.920. The van der Waals surface area contributed by atoms with Crippen molar-refractivity contribution >= 4 is 21.7 Å². The number of piperidine rings is 1. The molecule has 1 aliphatic heterocycles. The summed E-state index contributed by atoms with van der Waals surface area (Å²) < 4.78 is 14.3. The fourth-order valence-corrected chi connectivity index (χ4v) is 2.63. The van der Waals surface area contributed by atoms with Crippen molar-refractivity contribution in [2.75, 3.05) is 19.6 Å². The number of nitrogens with zero attached hydrogens (tertiary/aromatic N) is 1. The number of ketones is 1. The third-order valence-electron chi connectivity index (χ3n) is 3.43. The molecule has 1 aliphatic rings. The second-order valence-electron chi connectivity index (χ2n) is 5.06. The number of nitrogens with two attached hydrogens (primary N) is 1. The van der Waals surface area contributed by atoms with Crippen LogP contribution in [0.5, 0.6) is 0 Å². The van der Waals surface area contributed by atoms with Gasteiger partial charge in [0.05, 0.1) is 6.54 Å². The maximum atomic E-state index is 13.6. The molecule has 104 valence electrons. The number of rotatable bonds is 4. The molecule has 19 heavy (non-hydrogen) atoms. The molecule has 1 saturated heterocycles. The minimum Gasteiger partial charge on any atom is -0.328 e. The summed E-state index contributed by atoms with van der Waals surface area (Å²) in [5.41, 5.74) is 6.28. The molecule has 1 aromatic carbocycles. The van der Waals surface area contributed by atoms with E-state index in [1.165, 1.54) is 6.07 Å². The molecule has 1 aromatic rings. The molecule has 5 heteroatoms. The topological polar surface area (TPSA) is 46.3 Å². The molecule has 1 heterocycles. The number of carbonyl (C=O) groups excluding carboxylic acids is 1. The monoisotopic (exact) mass is 328 g/mol. The average molecular weight is 329 g/mol. The van der Waals surface area contributed by atoms with Gasteiger partial charge in [0.15, 0.2) is 5.78 Å². The van der Waals surface area contributed by atoms with Crippen molar-refractivity contribution in [3.63, 3.8) is 0 Å². The first-order valence-corrected chi connectivity index (χ1v) is 7.27. The summed E-state index contributed by atoms with van der Waals surface area (Å²) in [7, 11) is 0. The van der Waals surface area contributed by atoms with E-state index < -0.39 is 0 Å². The Hall–Kier alpha value is -0.780. The summed E-state index contributed by atoms with van der Waals surface area (Å²) in [6.45, 7) is 2.10. The molecule has 0 bridgehead atoms. The van der Waals surface area contributed by atoms with E-state index in [1.54, 1.807) is 12.1 Å². The lowest BCUT2D eigenvalue weighted by Crippen LogP contribution is -2.42. The van der Waals surface area contributed by atoms with Crippen LogP contribution in [0.4, 0.5) is 4.39 Å². The summed E-state index contributed by atoms with van der Waals surface area (Å²) >= 11 is 3.20. The summed E-state index contributed by atoms with van der Waals surface area (Å²) in [5.74, 6) is -0.278. The standard InChI is InChI=1S/C14H18BrFN2O/c15-11-2-1-10(14(16)8-11)7-13(19)9-18-5-3-12(17)4-6-18/h1-2,8,12H,3-7,9,17H2. The van der Waals surface area contributed by atoms with E-state index >= 15 is 0 Å². The number of halogens is 2. The van der Waals surface area contributed by atoms with E-state index in [1.807, 2.05) is 0 Å². The number of likely N-dealkylation sites (tertiary alicyclic amines) is 1. The van der Waals surface area contributed by atoms with Crippen LogP contribution in [-0.2, 0) is 11.2 Å². The van der Waals surface area contributed by atoms with Crippen LogP contribution in [0, 0.1) is 5.82 Å². The molecule has 0 radical (unpaired) electrons. The van der Waals surface area contributed by atoms with Crippen molar-refractivity contribution in [3.8, 4) is 0 Å². The minimum atomic E-state index is -0.330. The lowest BCUT2D eigenvalue weighted by molar-refractivity contribution is -0.119. The smallest absolute Gasteiger partial charge is 0.151 e. The van der Waals surface area contributed by atoms with Crippen LogP contribution >= 0.6 is 15.9 Å². The van der Waals surface area contributed by atoms with Gasteiger partial charge in [-0.25, -0.2) is 4.39 Å². The van der Waals surface area contributed by atoms with E-state index in [2.05, 4.69) is 20.8 Å².